The summed E-state index contributed by atoms with van der Waals surface area (Å²) in [5.74, 6) is 5.31. The molecule has 0 aromatic heterocycles. The van der Waals surface area contributed by atoms with E-state index in [1.54, 1.807) is 14.0 Å². The first-order valence-electron chi connectivity index (χ1n) is 2.71. The highest BCUT2D eigenvalue weighted by Crippen LogP contribution is 1.94. The van der Waals surface area contributed by atoms with Gasteiger partial charge in [0.2, 0.25) is 0 Å². The standard InChI is InChI=1S/C5H14N2O/c1-4(5(2)8)7(3)6/h4-5,8H,6H2,1-3H3. The number of aliphatic hydroxyl groups excluding tert-OH is 1. The van der Waals surface area contributed by atoms with Crippen molar-refractivity contribution >= 4 is 0 Å². The third-order valence-corrected chi connectivity index (χ3v) is 1.34. The van der Waals surface area contributed by atoms with Crippen LogP contribution in [0.15, 0.2) is 0 Å². The summed E-state index contributed by atoms with van der Waals surface area (Å²) in [7, 11) is 1.73. The number of hydrazine groups is 1. The van der Waals surface area contributed by atoms with Crippen molar-refractivity contribution in [3.8, 4) is 0 Å². The zero-order chi connectivity index (χ0) is 6.73. The Morgan fingerprint density at radius 2 is 1.88 bits per heavy atom. The van der Waals surface area contributed by atoms with Gasteiger partial charge in [0, 0.05) is 13.1 Å². The van der Waals surface area contributed by atoms with Gasteiger partial charge in [-0.1, -0.05) is 0 Å². The van der Waals surface area contributed by atoms with Crippen LogP contribution in [-0.2, 0) is 0 Å². The number of hydrogen-bond acceptors (Lipinski definition) is 3. The van der Waals surface area contributed by atoms with Crippen LogP contribution in [-0.4, -0.2) is 29.3 Å². The third-order valence-electron chi connectivity index (χ3n) is 1.34. The van der Waals surface area contributed by atoms with Crippen molar-refractivity contribution in [2.75, 3.05) is 7.05 Å². The van der Waals surface area contributed by atoms with Gasteiger partial charge >= 0.3 is 0 Å². The molecular weight excluding hydrogens is 104 g/mol. The summed E-state index contributed by atoms with van der Waals surface area (Å²) in [5.41, 5.74) is 0. The van der Waals surface area contributed by atoms with Crippen LogP contribution < -0.4 is 5.84 Å². The summed E-state index contributed by atoms with van der Waals surface area (Å²) in [6, 6.07) is 0.0370. The number of hydrogen-bond donors (Lipinski definition) is 2. The molecule has 0 aromatic carbocycles. The quantitative estimate of drug-likeness (QED) is 0.382. The molecule has 0 spiro atoms. The summed E-state index contributed by atoms with van der Waals surface area (Å²) < 4.78 is 0. The molecule has 0 aliphatic carbocycles. The first-order valence-corrected chi connectivity index (χ1v) is 2.71. The van der Waals surface area contributed by atoms with Crippen LogP contribution >= 0.6 is 0 Å². The lowest BCUT2D eigenvalue weighted by Crippen LogP contribution is -2.41. The van der Waals surface area contributed by atoms with E-state index in [1.807, 2.05) is 6.92 Å². The fourth-order valence-corrected chi connectivity index (χ4v) is 0.340. The van der Waals surface area contributed by atoms with E-state index in [-0.39, 0.29) is 12.1 Å². The molecule has 0 radical (unpaired) electrons. The molecule has 2 unspecified atom stereocenters. The Kier molecular flexibility index (Phi) is 2.97. The van der Waals surface area contributed by atoms with E-state index in [1.165, 1.54) is 5.01 Å². The molecule has 3 nitrogen and oxygen atoms in total. The molecule has 0 aromatic rings. The highest BCUT2D eigenvalue weighted by Gasteiger charge is 2.09. The number of nitrogens with zero attached hydrogens (tertiary/aromatic N) is 1. The number of aliphatic hydroxyl groups is 1. The van der Waals surface area contributed by atoms with Crippen molar-refractivity contribution in [1.29, 1.82) is 0 Å². The molecule has 50 valence electrons. The van der Waals surface area contributed by atoms with Crippen LogP contribution in [0, 0.1) is 0 Å². The van der Waals surface area contributed by atoms with Crippen LogP contribution in [0.1, 0.15) is 13.8 Å². The van der Waals surface area contributed by atoms with E-state index in [2.05, 4.69) is 0 Å². The largest absolute Gasteiger partial charge is 0.392 e. The van der Waals surface area contributed by atoms with Gasteiger partial charge in [-0.15, -0.1) is 0 Å². The molecule has 0 heterocycles. The highest BCUT2D eigenvalue weighted by molar-refractivity contribution is 4.62. The highest BCUT2D eigenvalue weighted by atomic mass is 16.3. The molecule has 0 amide bonds. The maximum Gasteiger partial charge on any atom is 0.0678 e. The minimum atomic E-state index is -0.356. The summed E-state index contributed by atoms with van der Waals surface area (Å²) in [4.78, 5) is 0. The Morgan fingerprint density at radius 1 is 1.50 bits per heavy atom. The van der Waals surface area contributed by atoms with E-state index in [0.717, 1.165) is 0 Å². The molecule has 3 heteroatoms. The molecule has 0 fully saturated rings. The number of nitrogens with two attached hydrogens (primary N) is 1. The van der Waals surface area contributed by atoms with Crippen molar-refractivity contribution in [3.05, 3.63) is 0 Å². The predicted octanol–water partition coefficient (Wildman–Crippen LogP) is -0.439. The molecule has 8 heavy (non-hydrogen) atoms. The molecule has 3 N–H and O–H groups in total. The first-order chi connectivity index (χ1) is 3.55. The molecular formula is C5H14N2O. The first kappa shape index (κ1) is 7.88. The maximum atomic E-state index is 8.87. The Morgan fingerprint density at radius 3 is 1.88 bits per heavy atom. The second kappa shape index (κ2) is 3.02. The molecule has 2 atom stereocenters. The minimum absolute atomic E-state index is 0.0370. The molecule has 0 aliphatic heterocycles. The van der Waals surface area contributed by atoms with Gasteiger partial charge in [0.1, 0.15) is 0 Å². The van der Waals surface area contributed by atoms with Crippen molar-refractivity contribution in [1.82, 2.24) is 5.01 Å². The van der Waals surface area contributed by atoms with E-state index in [9.17, 15) is 0 Å². The second-order valence-corrected chi connectivity index (χ2v) is 2.15. The topological polar surface area (TPSA) is 49.5 Å². The molecule has 0 aliphatic rings. The van der Waals surface area contributed by atoms with Crippen molar-refractivity contribution in [2.24, 2.45) is 5.84 Å². The average molecular weight is 118 g/mol. The van der Waals surface area contributed by atoms with Gasteiger partial charge in [0.25, 0.3) is 0 Å². The summed E-state index contributed by atoms with van der Waals surface area (Å²) >= 11 is 0. The average Bonchev–Trinajstić information content (AvgIpc) is 1.64. The lowest BCUT2D eigenvalue weighted by Gasteiger charge is -2.21. The summed E-state index contributed by atoms with van der Waals surface area (Å²) in [6.07, 6.45) is -0.356. The number of rotatable bonds is 2. The summed E-state index contributed by atoms with van der Waals surface area (Å²) in [6.45, 7) is 3.58. The Hall–Kier alpha value is -0.120. The van der Waals surface area contributed by atoms with Gasteiger partial charge in [-0.2, -0.15) is 0 Å². The van der Waals surface area contributed by atoms with Crippen LogP contribution in [0.5, 0.6) is 0 Å². The van der Waals surface area contributed by atoms with Crippen molar-refractivity contribution in [2.45, 2.75) is 26.0 Å². The third kappa shape index (κ3) is 2.26. The monoisotopic (exact) mass is 118 g/mol. The smallest absolute Gasteiger partial charge is 0.0678 e. The Balaban J connectivity index is 3.46. The van der Waals surface area contributed by atoms with E-state index < -0.39 is 0 Å². The normalized spacial score (nSPS) is 18.8. The predicted molar refractivity (Wildman–Crippen MR) is 33.1 cm³/mol. The van der Waals surface area contributed by atoms with Gasteiger partial charge in [-0.25, -0.2) is 5.01 Å². The Bertz CT molecular complexity index is 55.4. The molecule has 0 saturated carbocycles. The van der Waals surface area contributed by atoms with Gasteiger partial charge in [0.15, 0.2) is 0 Å². The SMILES string of the molecule is CC(O)C(C)N(C)N. The van der Waals surface area contributed by atoms with Gasteiger partial charge in [-0.3, -0.25) is 5.84 Å². The molecule has 0 rings (SSSR count). The fraction of sp³-hybridized carbons (Fsp3) is 1.00. The van der Waals surface area contributed by atoms with E-state index in [4.69, 9.17) is 10.9 Å². The van der Waals surface area contributed by atoms with Crippen molar-refractivity contribution < 1.29 is 5.11 Å². The van der Waals surface area contributed by atoms with E-state index in [0.29, 0.717) is 0 Å². The zero-order valence-corrected chi connectivity index (χ0v) is 5.63. The van der Waals surface area contributed by atoms with Gasteiger partial charge in [0.05, 0.1) is 6.10 Å². The maximum absolute atomic E-state index is 8.87. The Labute approximate surface area is 50.1 Å². The van der Waals surface area contributed by atoms with Crippen molar-refractivity contribution in [3.63, 3.8) is 0 Å². The molecule has 0 saturated heterocycles. The second-order valence-electron chi connectivity index (χ2n) is 2.15. The molecule has 0 bridgehead atoms. The zero-order valence-electron chi connectivity index (χ0n) is 5.63. The number of likely N-dealkylation sites (N-methyl/N-ethyl adjacent to an activating group) is 1. The minimum Gasteiger partial charge on any atom is -0.392 e. The fourth-order valence-electron chi connectivity index (χ4n) is 0.340. The van der Waals surface area contributed by atoms with Crippen LogP contribution in [0.4, 0.5) is 0 Å². The van der Waals surface area contributed by atoms with Crippen LogP contribution in [0.25, 0.3) is 0 Å². The van der Waals surface area contributed by atoms with Gasteiger partial charge in [-0.05, 0) is 13.8 Å². The van der Waals surface area contributed by atoms with E-state index >= 15 is 0 Å². The van der Waals surface area contributed by atoms with Crippen LogP contribution in [0.2, 0.25) is 0 Å². The van der Waals surface area contributed by atoms with Crippen LogP contribution in [0.3, 0.4) is 0 Å². The van der Waals surface area contributed by atoms with Gasteiger partial charge < -0.3 is 5.11 Å². The lowest BCUT2D eigenvalue weighted by molar-refractivity contribution is 0.0871. The lowest BCUT2D eigenvalue weighted by atomic mass is 10.2. The summed E-state index contributed by atoms with van der Waals surface area (Å²) in [5, 5.41) is 10.4.